The van der Waals surface area contributed by atoms with Crippen molar-refractivity contribution in [3.8, 4) is 23.0 Å². The number of rotatable bonds is 6. The lowest BCUT2D eigenvalue weighted by molar-refractivity contribution is 0.214. The minimum absolute atomic E-state index is 0.0661. The number of ether oxygens (including phenoxy) is 2. The van der Waals surface area contributed by atoms with Crippen molar-refractivity contribution < 1.29 is 18.3 Å². The molecule has 0 atom stereocenters. The maximum absolute atomic E-state index is 13.1. The molecule has 2 aromatic heterocycles. The maximum Gasteiger partial charge on any atom is 0.235 e. The highest BCUT2D eigenvalue weighted by Gasteiger charge is 2.20. The van der Waals surface area contributed by atoms with Crippen LogP contribution in [-0.2, 0) is 5.41 Å². The van der Waals surface area contributed by atoms with Gasteiger partial charge in [-0.15, -0.1) is 0 Å². The Morgan fingerprint density at radius 2 is 1.71 bits per heavy atom. The van der Waals surface area contributed by atoms with E-state index in [2.05, 4.69) is 20.8 Å². The molecule has 0 aliphatic rings. The normalized spacial score (nSPS) is 11.6. The van der Waals surface area contributed by atoms with E-state index in [1.165, 1.54) is 11.8 Å². The number of benzene rings is 2. The van der Waals surface area contributed by atoms with Crippen LogP contribution in [0.4, 0.5) is 0 Å². The molecule has 0 fully saturated rings. The number of fused-ring (bicyclic) bond motifs is 1. The van der Waals surface area contributed by atoms with Crippen LogP contribution in [0.5, 0.6) is 11.5 Å². The molecule has 0 bridgehead atoms. The fourth-order valence-corrected chi connectivity index (χ4v) is 3.38. The van der Waals surface area contributed by atoms with Gasteiger partial charge in [0.05, 0.1) is 11.6 Å². The lowest BCUT2D eigenvalue weighted by Gasteiger charge is -2.19. The van der Waals surface area contributed by atoms with Gasteiger partial charge < -0.3 is 18.3 Å². The molecule has 5 nitrogen and oxygen atoms in total. The van der Waals surface area contributed by atoms with E-state index >= 15 is 0 Å². The third-order valence-electron chi connectivity index (χ3n) is 4.87. The molecule has 4 rings (SSSR count). The van der Waals surface area contributed by atoms with Gasteiger partial charge in [0.1, 0.15) is 24.5 Å². The summed E-state index contributed by atoms with van der Waals surface area (Å²) < 4.78 is 22.9. The van der Waals surface area contributed by atoms with E-state index in [4.69, 9.17) is 29.9 Å². The van der Waals surface area contributed by atoms with E-state index in [1.54, 1.807) is 30.3 Å². The lowest BCUT2D eigenvalue weighted by atomic mass is 9.87. The van der Waals surface area contributed by atoms with Crippen LogP contribution >= 0.6 is 11.6 Å². The first-order chi connectivity index (χ1) is 14.8. The van der Waals surface area contributed by atoms with Gasteiger partial charge in [-0.25, -0.2) is 0 Å². The third-order valence-corrected chi connectivity index (χ3v) is 5.11. The van der Waals surface area contributed by atoms with E-state index in [0.29, 0.717) is 21.8 Å². The quantitative estimate of drug-likeness (QED) is 0.323. The molecule has 0 aliphatic heterocycles. The zero-order valence-corrected chi connectivity index (χ0v) is 18.4. The first kappa shape index (κ1) is 21.1. The van der Waals surface area contributed by atoms with Crippen molar-refractivity contribution in [3.05, 3.63) is 81.7 Å². The highest BCUT2D eigenvalue weighted by Crippen LogP contribution is 2.32. The van der Waals surface area contributed by atoms with Crippen LogP contribution in [0, 0.1) is 0 Å². The molecule has 0 radical (unpaired) electrons. The Labute approximate surface area is 185 Å². The zero-order valence-electron chi connectivity index (χ0n) is 17.6. The van der Waals surface area contributed by atoms with Gasteiger partial charge in [0, 0.05) is 5.02 Å². The molecule has 31 heavy (non-hydrogen) atoms. The molecule has 2 aromatic carbocycles. The van der Waals surface area contributed by atoms with Crippen LogP contribution in [0.3, 0.4) is 0 Å². The second-order valence-electron chi connectivity index (χ2n) is 8.18. The Morgan fingerprint density at radius 3 is 2.39 bits per heavy atom. The summed E-state index contributed by atoms with van der Waals surface area (Å²) in [5.74, 6) is 1.44. The Balaban J connectivity index is 1.53. The van der Waals surface area contributed by atoms with E-state index in [9.17, 15) is 4.79 Å². The molecule has 0 amide bonds. The van der Waals surface area contributed by atoms with Crippen molar-refractivity contribution >= 4 is 22.6 Å². The van der Waals surface area contributed by atoms with Crippen molar-refractivity contribution in [2.24, 2.45) is 0 Å². The molecule has 0 saturated carbocycles. The molecule has 0 aliphatic carbocycles. The van der Waals surface area contributed by atoms with Gasteiger partial charge >= 0.3 is 0 Å². The maximum atomic E-state index is 13.1. The average Bonchev–Trinajstić information content (AvgIpc) is 3.27. The molecule has 4 aromatic rings. The molecular weight excluding hydrogens is 416 g/mol. The van der Waals surface area contributed by atoms with Crippen molar-refractivity contribution in [1.29, 1.82) is 0 Å². The van der Waals surface area contributed by atoms with Crippen LogP contribution < -0.4 is 14.9 Å². The average molecular weight is 439 g/mol. The molecule has 0 unspecified atom stereocenters. The van der Waals surface area contributed by atoms with Crippen molar-refractivity contribution in [3.63, 3.8) is 0 Å². The number of hydrogen-bond donors (Lipinski definition) is 0. The predicted molar refractivity (Wildman–Crippen MR) is 121 cm³/mol. The fourth-order valence-electron chi connectivity index (χ4n) is 3.21. The number of halogens is 1. The second kappa shape index (κ2) is 8.52. The summed E-state index contributed by atoms with van der Waals surface area (Å²) in [5.41, 5.74) is 1.40. The molecule has 0 N–H and O–H groups in total. The molecular formula is C25H23ClO5. The second-order valence-corrected chi connectivity index (χ2v) is 8.61. The summed E-state index contributed by atoms with van der Waals surface area (Å²) in [4.78, 5) is 13.1. The molecule has 0 spiro atoms. The Kier molecular flexibility index (Phi) is 5.79. The van der Waals surface area contributed by atoms with Crippen LogP contribution in [-0.4, -0.2) is 13.2 Å². The fraction of sp³-hybridized carbons (Fsp3) is 0.240. The monoisotopic (exact) mass is 438 g/mol. The van der Waals surface area contributed by atoms with Crippen LogP contribution in [0.25, 0.3) is 22.5 Å². The topological polar surface area (TPSA) is 61.8 Å². The van der Waals surface area contributed by atoms with Crippen LogP contribution in [0.1, 0.15) is 26.3 Å². The van der Waals surface area contributed by atoms with Gasteiger partial charge in [-0.3, -0.25) is 4.79 Å². The minimum atomic E-state index is -0.315. The summed E-state index contributed by atoms with van der Waals surface area (Å²) >= 11 is 6.06. The molecule has 0 saturated heterocycles. The van der Waals surface area contributed by atoms with E-state index in [-0.39, 0.29) is 35.6 Å². The van der Waals surface area contributed by atoms with Gasteiger partial charge in [0.25, 0.3) is 0 Å². The SMILES string of the molecule is CC(C)(C)c1ccc(OCCOc2c(-c3ccco3)oc3ccc(Cl)cc3c2=O)cc1. The van der Waals surface area contributed by atoms with Gasteiger partial charge in [-0.05, 0) is 53.4 Å². The van der Waals surface area contributed by atoms with Gasteiger partial charge in [-0.1, -0.05) is 44.5 Å². The van der Waals surface area contributed by atoms with Gasteiger partial charge in [-0.2, -0.15) is 0 Å². The summed E-state index contributed by atoms with van der Waals surface area (Å²) in [5, 5.41) is 0.787. The van der Waals surface area contributed by atoms with Crippen LogP contribution in [0.15, 0.2) is 74.5 Å². The highest BCUT2D eigenvalue weighted by atomic mass is 35.5. The summed E-state index contributed by atoms with van der Waals surface area (Å²) in [7, 11) is 0. The van der Waals surface area contributed by atoms with E-state index < -0.39 is 0 Å². The van der Waals surface area contributed by atoms with E-state index in [1.807, 2.05) is 24.3 Å². The number of hydrogen-bond acceptors (Lipinski definition) is 5. The smallest absolute Gasteiger partial charge is 0.235 e. The largest absolute Gasteiger partial charge is 0.490 e. The van der Waals surface area contributed by atoms with Crippen molar-refractivity contribution in [1.82, 2.24) is 0 Å². The standard InChI is InChI=1S/C25H23ClO5/c1-25(2,3)16-6-9-18(10-7-16)28-13-14-30-24-22(27)19-15-17(26)8-11-20(19)31-23(24)21-5-4-12-29-21/h4-12,15H,13-14H2,1-3H3. The summed E-state index contributed by atoms with van der Waals surface area (Å²) in [6.45, 7) is 6.91. The highest BCUT2D eigenvalue weighted by molar-refractivity contribution is 6.31. The van der Waals surface area contributed by atoms with Crippen molar-refractivity contribution in [2.75, 3.05) is 13.2 Å². The molecule has 2 heterocycles. The summed E-state index contributed by atoms with van der Waals surface area (Å²) in [6.07, 6.45) is 1.51. The van der Waals surface area contributed by atoms with Gasteiger partial charge in [0.15, 0.2) is 5.76 Å². The first-order valence-electron chi connectivity index (χ1n) is 9.99. The van der Waals surface area contributed by atoms with Crippen LogP contribution in [0.2, 0.25) is 5.02 Å². The Morgan fingerprint density at radius 1 is 0.968 bits per heavy atom. The first-order valence-corrected chi connectivity index (χ1v) is 10.4. The van der Waals surface area contributed by atoms with Crippen molar-refractivity contribution in [2.45, 2.75) is 26.2 Å². The molecule has 6 heteroatoms. The minimum Gasteiger partial charge on any atom is -0.490 e. The predicted octanol–water partition coefficient (Wildman–Crippen LogP) is 6.46. The van der Waals surface area contributed by atoms with Gasteiger partial charge in [0.2, 0.25) is 16.9 Å². The Bertz CT molecular complexity index is 1230. The lowest BCUT2D eigenvalue weighted by Crippen LogP contribution is -2.15. The molecule has 160 valence electrons. The third kappa shape index (κ3) is 4.62. The Hall–Kier alpha value is -3.18. The zero-order chi connectivity index (χ0) is 22.0. The van der Waals surface area contributed by atoms with E-state index in [0.717, 1.165) is 5.75 Å². The summed E-state index contributed by atoms with van der Waals surface area (Å²) in [6, 6.07) is 16.3. The number of furan rings is 1.